The number of hydrogen-bond acceptors (Lipinski definition) is 2. The zero-order valence-electron chi connectivity index (χ0n) is 15.9. The third kappa shape index (κ3) is 5.35. The summed E-state index contributed by atoms with van der Waals surface area (Å²) in [5.74, 6) is 0.384. The molecule has 0 saturated heterocycles. The van der Waals surface area contributed by atoms with Gasteiger partial charge in [0.1, 0.15) is 11.6 Å². The molecule has 0 saturated carbocycles. The van der Waals surface area contributed by atoms with E-state index in [2.05, 4.69) is 61.7 Å². The highest BCUT2D eigenvalue weighted by Crippen LogP contribution is 2.18. The molecule has 0 heterocycles. The lowest BCUT2D eigenvalue weighted by molar-refractivity contribution is -0.692. The number of rotatable bonds is 8. The molecule has 0 spiro atoms. The molecule has 0 unspecified atom stereocenters. The average molecular weight is 330 g/mol. The highest BCUT2D eigenvalue weighted by atomic mass is 16.2. The van der Waals surface area contributed by atoms with E-state index in [1.54, 1.807) is 6.92 Å². The molecule has 3 N–H and O–H groups in total. The van der Waals surface area contributed by atoms with Gasteiger partial charge in [-0.05, 0) is 24.8 Å². The lowest BCUT2D eigenvalue weighted by atomic mass is 9.90. The quantitative estimate of drug-likeness (QED) is 0.769. The molecule has 132 valence electrons. The van der Waals surface area contributed by atoms with E-state index in [1.165, 1.54) is 11.1 Å². The summed E-state index contributed by atoms with van der Waals surface area (Å²) in [5.41, 5.74) is 1.74. The van der Waals surface area contributed by atoms with Crippen LogP contribution in [0.5, 0.6) is 0 Å². The van der Waals surface area contributed by atoms with Crippen LogP contribution in [0.3, 0.4) is 0 Å². The van der Waals surface area contributed by atoms with Gasteiger partial charge in [0.25, 0.3) is 5.91 Å². The first-order chi connectivity index (χ1) is 11.2. The molecule has 0 radical (unpaired) electrons. The molecule has 24 heavy (non-hydrogen) atoms. The van der Waals surface area contributed by atoms with E-state index < -0.39 is 5.54 Å². The number of nitrogens with two attached hydrogens (primary N) is 1. The second kappa shape index (κ2) is 8.84. The molecule has 0 aliphatic rings. The Morgan fingerprint density at radius 1 is 1.25 bits per heavy atom. The van der Waals surface area contributed by atoms with E-state index in [4.69, 9.17) is 0 Å². The monoisotopic (exact) mass is 330 g/mol. The minimum atomic E-state index is -0.818. The molecule has 1 aromatic carbocycles. The second-order valence-corrected chi connectivity index (χ2v) is 7.32. The van der Waals surface area contributed by atoms with E-state index in [9.17, 15) is 10.1 Å². The fourth-order valence-corrected chi connectivity index (χ4v) is 2.64. The minimum absolute atomic E-state index is 0.0638. The number of amides is 1. The number of nitrogens with zero attached hydrogens (tertiary/aromatic N) is 1. The fourth-order valence-electron chi connectivity index (χ4n) is 2.64. The van der Waals surface area contributed by atoms with Crippen LogP contribution >= 0.6 is 0 Å². The topological polar surface area (TPSA) is 69.5 Å². The maximum Gasteiger partial charge on any atom is 0.276 e. The normalized spacial score (nSPS) is 15.0. The number of nitrogens with one attached hydrogen (secondary N) is 1. The van der Waals surface area contributed by atoms with Crippen molar-refractivity contribution in [2.75, 3.05) is 6.54 Å². The summed E-state index contributed by atoms with van der Waals surface area (Å²) in [7, 11) is 0. The Morgan fingerprint density at radius 2 is 1.83 bits per heavy atom. The zero-order valence-corrected chi connectivity index (χ0v) is 15.9. The Labute approximate surface area is 146 Å². The zero-order chi connectivity index (χ0) is 18.3. The first kappa shape index (κ1) is 20.2. The first-order valence-electron chi connectivity index (χ1n) is 8.87. The van der Waals surface area contributed by atoms with Crippen LogP contribution in [0.1, 0.15) is 58.7 Å². The van der Waals surface area contributed by atoms with Crippen molar-refractivity contribution in [3.63, 3.8) is 0 Å². The highest BCUT2D eigenvalue weighted by molar-refractivity contribution is 5.78. The third-order valence-corrected chi connectivity index (χ3v) is 4.83. The highest BCUT2D eigenvalue weighted by Gasteiger charge is 2.31. The maximum atomic E-state index is 12.3. The SMILES string of the molecule is CCc1ccc([C@@H]([NH2+]CC(=O)N[C@@](C)(C#N)C(C)C)C(C)C)cc1. The van der Waals surface area contributed by atoms with Crippen LogP contribution in [0.15, 0.2) is 24.3 Å². The summed E-state index contributed by atoms with van der Waals surface area (Å²) < 4.78 is 0. The minimum Gasteiger partial charge on any atom is -0.333 e. The maximum absolute atomic E-state index is 12.3. The molecule has 1 amide bonds. The van der Waals surface area contributed by atoms with Crippen molar-refractivity contribution in [3.8, 4) is 6.07 Å². The van der Waals surface area contributed by atoms with Crippen molar-refractivity contribution in [2.24, 2.45) is 11.8 Å². The molecule has 0 bridgehead atoms. The third-order valence-electron chi connectivity index (χ3n) is 4.83. The van der Waals surface area contributed by atoms with Crippen LogP contribution in [-0.4, -0.2) is 18.0 Å². The fraction of sp³-hybridized carbons (Fsp3) is 0.600. The van der Waals surface area contributed by atoms with Crippen molar-refractivity contribution in [1.29, 1.82) is 5.26 Å². The Morgan fingerprint density at radius 3 is 2.25 bits per heavy atom. The lowest BCUT2D eigenvalue weighted by Gasteiger charge is -2.27. The van der Waals surface area contributed by atoms with Crippen molar-refractivity contribution in [3.05, 3.63) is 35.4 Å². The van der Waals surface area contributed by atoms with Crippen LogP contribution in [-0.2, 0) is 11.2 Å². The van der Waals surface area contributed by atoms with Gasteiger partial charge in [-0.3, -0.25) is 4.79 Å². The number of benzene rings is 1. The number of carbonyl (C=O) groups excluding carboxylic acids is 1. The largest absolute Gasteiger partial charge is 0.333 e. The molecule has 1 aromatic rings. The molecular weight excluding hydrogens is 298 g/mol. The average Bonchev–Trinajstić information content (AvgIpc) is 2.54. The van der Waals surface area contributed by atoms with Gasteiger partial charge in [0, 0.05) is 11.5 Å². The summed E-state index contributed by atoms with van der Waals surface area (Å²) in [6.07, 6.45) is 1.03. The number of nitriles is 1. The Bertz CT molecular complexity index is 572. The lowest BCUT2D eigenvalue weighted by Crippen LogP contribution is -2.88. The van der Waals surface area contributed by atoms with Crippen molar-refractivity contribution >= 4 is 5.91 Å². The van der Waals surface area contributed by atoms with Gasteiger partial charge in [-0.15, -0.1) is 0 Å². The molecule has 0 aliphatic heterocycles. The van der Waals surface area contributed by atoms with E-state index in [1.807, 2.05) is 13.8 Å². The van der Waals surface area contributed by atoms with Gasteiger partial charge in [0.15, 0.2) is 6.54 Å². The summed E-state index contributed by atoms with van der Waals surface area (Å²) >= 11 is 0. The number of aryl methyl sites for hydroxylation is 1. The summed E-state index contributed by atoms with van der Waals surface area (Å²) in [4.78, 5) is 12.3. The standard InChI is InChI=1S/C20H31N3O/c1-7-16-8-10-17(11-9-16)19(14(2)3)22-12-18(24)23-20(6,13-21)15(4)5/h8-11,14-15,19,22H,7,12H2,1-6H3,(H,23,24)/p+1/t19-,20-/m0/s1. The van der Waals surface area contributed by atoms with Crippen LogP contribution in [0.4, 0.5) is 0 Å². The van der Waals surface area contributed by atoms with Gasteiger partial charge in [-0.25, -0.2) is 0 Å². The molecular formula is C20H32N3O+. The summed E-state index contributed by atoms with van der Waals surface area (Å²) in [6.45, 7) is 12.5. The number of hydrogen-bond donors (Lipinski definition) is 2. The van der Waals surface area contributed by atoms with Crippen LogP contribution < -0.4 is 10.6 Å². The van der Waals surface area contributed by atoms with Crippen LogP contribution in [0.25, 0.3) is 0 Å². The first-order valence-corrected chi connectivity index (χ1v) is 8.87. The number of quaternary nitrogens is 1. The predicted molar refractivity (Wildman–Crippen MR) is 97.2 cm³/mol. The molecule has 4 nitrogen and oxygen atoms in total. The van der Waals surface area contributed by atoms with E-state index in [0.29, 0.717) is 12.5 Å². The van der Waals surface area contributed by atoms with Crippen LogP contribution in [0, 0.1) is 23.2 Å². The second-order valence-electron chi connectivity index (χ2n) is 7.32. The van der Waals surface area contributed by atoms with Gasteiger partial charge < -0.3 is 10.6 Å². The molecule has 1 rings (SSSR count). The van der Waals surface area contributed by atoms with Crippen molar-refractivity contribution < 1.29 is 10.1 Å². The van der Waals surface area contributed by atoms with Crippen LogP contribution in [0.2, 0.25) is 0 Å². The predicted octanol–water partition coefficient (Wildman–Crippen LogP) is 2.56. The Kier molecular flexibility index (Phi) is 7.44. The van der Waals surface area contributed by atoms with Gasteiger partial charge in [0.2, 0.25) is 0 Å². The van der Waals surface area contributed by atoms with Gasteiger partial charge in [0.05, 0.1) is 6.07 Å². The molecule has 4 heteroatoms. The Hall–Kier alpha value is -1.86. The summed E-state index contributed by atoms with van der Waals surface area (Å²) in [5, 5.41) is 14.3. The van der Waals surface area contributed by atoms with Crippen molar-refractivity contribution in [2.45, 2.75) is 59.5 Å². The Balaban J connectivity index is 2.73. The van der Waals surface area contributed by atoms with Crippen molar-refractivity contribution in [1.82, 2.24) is 5.32 Å². The number of carbonyl (C=O) groups is 1. The molecule has 2 atom stereocenters. The van der Waals surface area contributed by atoms with Gasteiger partial charge in [-0.1, -0.05) is 58.9 Å². The molecule has 0 aliphatic carbocycles. The molecule has 0 aromatic heterocycles. The van der Waals surface area contributed by atoms with Gasteiger partial charge in [-0.2, -0.15) is 5.26 Å². The van der Waals surface area contributed by atoms with E-state index in [-0.39, 0.29) is 17.9 Å². The molecule has 0 fully saturated rings. The van der Waals surface area contributed by atoms with E-state index in [0.717, 1.165) is 6.42 Å². The van der Waals surface area contributed by atoms with E-state index >= 15 is 0 Å². The smallest absolute Gasteiger partial charge is 0.276 e. The van der Waals surface area contributed by atoms with Gasteiger partial charge >= 0.3 is 0 Å². The summed E-state index contributed by atoms with van der Waals surface area (Å²) in [6, 6.07) is 11.1.